The molecule has 0 bridgehead atoms. The van der Waals surface area contributed by atoms with E-state index in [9.17, 15) is 27.5 Å². The lowest BCUT2D eigenvalue weighted by Gasteiger charge is -2.42. The molecule has 11 nitrogen and oxygen atoms in total. The second-order valence-corrected chi connectivity index (χ2v) is 14.2. The lowest BCUT2D eigenvalue weighted by Crippen LogP contribution is -2.61. The number of aromatic nitrogens is 5. The minimum Gasteiger partial charge on any atom is -0.508 e. The van der Waals surface area contributed by atoms with Crippen molar-refractivity contribution < 1.29 is 41.0 Å². The number of carbonyl (C=O) groups is 1. The molecule has 1 N–H and O–H groups in total. The van der Waals surface area contributed by atoms with E-state index in [-0.39, 0.29) is 84.4 Å². The van der Waals surface area contributed by atoms with Crippen LogP contribution in [0.1, 0.15) is 37.4 Å². The van der Waals surface area contributed by atoms with Crippen molar-refractivity contribution >= 4 is 33.5 Å². The van der Waals surface area contributed by atoms with Crippen molar-refractivity contribution in [2.24, 2.45) is 0 Å². The normalized spacial score (nSPS) is 22.1. The number of hydrogen-bond donors (Lipinski definition) is 1. The van der Waals surface area contributed by atoms with Gasteiger partial charge in [-0.2, -0.15) is 32.9 Å². The summed E-state index contributed by atoms with van der Waals surface area (Å²) in [6, 6.07) is 3.33. The Morgan fingerprint density at radius 3 is 2.65 bits per heavy atom. The van der Waals surface area contributed by atoms with Crippen molar-refractivity contribution in [2.75, 3.05) is 44.2 Å². The number of aromatic hydroxyl groups is 1. The van der Waals surface area contributed by atoms with E-state index in [1.54, 1.807) is 13.8 Å². The maximum absolute atomic E-state index is 17.0. The first-order valence-corrected chi connectivity index (χ1v) is 17.7. The third kappa shape index (κ3) is 6.11. The number of phenolic OH excluding ortho intramolecular Hbond substituents is 1. The molecule has 5 aromatic rings. The van der Waals surface area contributed by atoms with Crippen molar-refractivity contribution in [1.29, 1.82) is 0 Å². The van der Waals surface area contributed by atoms with E-state index in [2.05, 4.69) is 20.1 Å². The summed E-state index contributed by atoms with van der Waals surface area (Å²) in [4.78, 5) is 30.5. The van der Waals surface area contributed by atoms with Gasteiger partial charge in [0.2, 0.25) is 0 Å². The SMILES string of the molecule is CCc1c(F)ccc2cc(O)cc(-c3ncc4c(N5CCN(C(=O)n6ccc(C)n6)C(C(F)(F)F)C5)nc(OC[C@@]56CCCN5C[C@H](F)C6)nc4c3F)c12. The second kappa shape index (κ2) is 13.3. The summed E-state index contributed by atoms with van der Waals surface area (Å²) in [6.07, 6.45) is -1.48. The highest BCUT2D eigenvalue weighted by atomic mass is 19.4. The molecule has 3 atom stereocenters. The Bertz CT molecular complexity index is 2280. The van der Waals surface area contributed by atoms with Crippen LogP contribution >= 0.6 is 0 Å². The molecule has 8 rings (SSSR count). The molecule has 3 aromatic heterocycles. The highest BCUT2D eigenvalue weighted by molar-refractivity contribution is 6.01. The van der Waals surface area contributed by atoms with Gasteiger partial charge in [-0.25, -0.2) is 18.0 Å². The summed E-state index contributed by atoms with van der Waals surface area (Å²) in [7, 11) is 0. The largest absolute Gasteiger partial charge is 0.508 e. The molecule has 1 amide bonds. The Morgan fingerprint density at radius 2 is 1.91 bits per heavy atom. The van der Waals surface area contributed by atoms with Crippen LogP contribution in [0.2, 0.25) is 0 Å². The Morgan fingerprint density at radius 1 is 1.09 bits per heavy atom. The molecule has 3 fully saturated rings. The molecule has 0 aliphatic carbocycles. The average Bonchev–Trinajstić information content (AvgIpc) is 3.83. The lowest BCUT2D eigenvalue weighted by atomic mass is 9.94. The van der Waals surface area contributed by atoms with Crippen LogP contribution < -0.4 is 9.64 Å². The number of carbonyl (C=O) groups excluding carboxylic acids is 1. The zero-order chi connectivity index (χ0) is 38.1. The summed E-state index contributed by atoms with van der Waals surface area (Å²) >= 11 is 0. The Hall–Kier alpha value is -5.19. The zero-order valence-electron chi connectivity index (χ0n) is 29.4. The predicted octanol–water partition coefficient (Wildman–Crippen LogP) is 6.57. The maximum Gasteiger partial charge on any atom is 0.410 e. The number of piperazine rings is 1. The molecule has 284 valence electrons. The fourth-order valence-corrected chi connectivity index (χ4v) is 8.33. The molecule has 3 aliphatic rings. The molecule has 17 heteroatoms. The number of anilines is 1. The number of benzene rings is 2. The van der Waals surface area contributed by atoms with Gasteiger partial charge in [-0.3, -0.25) is 9.88 Å². The monoisotopic (exact) mass is 754 g/mol. The third-order valence-electron chi connectivity index (χ3n) is 10.9. The summed E-state index contributed by atoms with van der Waals surface area (Å²) in [5.41, 5.74) is -0.449. The highest BCUT2D eigenvalue weighted by Gasteiger charge is 2.51. The number of amides is 1. The first-order valence-electron chi connectivity index (χ1n) is 17.7. The van der Waals surface area contributed by atoms with Crippen LogP contribution in [0.25, 0.3) is 32.9 Å². The number of alkyl halides is 4. The van der Waals surface area contributed by atoms with Crippen LogP contribution in [0.3, 0.4) is 0 Å². The van der Waals surface area contributed by atoms with Gasteiger partial charge in [0.05, 0.1) is 16.6 Å². The molecular weight excluding hydrogens is 718 g/mol. The highest BCUT2D eigenvalue weighted by Crippen LogP contribution is 2.42. The summed E-state index contributed by atoms with van der Waals surface area (Å²) in [6.45, 7) is 2.95. The molecule has 0 radical (unpaired) electrons. The molecule has 0 spiro atoms. The van der Waals surface area contributed by atoms with E-state index < -0.39 is 48.1 Å². The van der Waals surface area contributed by atoms with Crippen LogP contribution in [-0.4, -0.2) is 109 Å². The van der Waals surface area contributed by atoms with E-state index in [4.69, 9.17) is 4.74 Å². The Labute approximate surface area is 305 Å². The maximum atomic E-state index is 17.0. The molecule has 3 saturated heterocycles. The number of fused-ring (bicyclic) bond motifs is 3. The van der Waals surface area contributed by atoms with Crippen molar-refractivity contribution in [3.05, 3.63) is 65.6 Å². The molecule has 0 saturated carbocycles. The molecule has 54 heavy (non-hydrogen) atoms. The fourth-order valence-electron chi connectivity index (χ4n) is 8.33. The third-order valence-corrected chi connectivity index (χ3v) is 10.9. The van der Waals surface area contributed by atoms with Gasteiger partial charge in [-0.1, -0.05) is 13.0 Å². The average molecular weight is 755 g/mol. The number of pyridine rings is 1. The first-order chi connectivity index (χ1) is 25.8. The number of hydrogen-bond acceptors (Lipinski definition) is 9. The Balaban J connectivity index is 1.24. The molecule has 3 aliphatic heterocycles. The number of nitrogens with zero attached hydrogens (tertiary/aromatic N) is 8. The smallest absolute Gasteiger partial charge is 0.410 e. The lowest BCUT2D eigenvalue weighted by molar-refractivity contribution is -0.176. The summed E-state index contributed by atoms with van der Waals surface area (Å²) in [5, 5.41) is 15.3. The van der Waals surface area contributed by atoms with Crippen molar-refractivity contribution in [2.45, 2.75) is 63.5 Å². The van der Waals surface area contributed by atoms with E-state index >= 15 is 8.78 Å². The minimum absolute atomic E-state index is 0.0367. The van der Waals surface area contributed by atoms with Crippen LogP contribution in [0.15, 0.2) is 42.7 Å². The van der Waals surface area contributed by atoms with Gasteiger partial charge < -0.3 is 19.6 Å². The molecule has 6 heterocycles. The zero-order valence-corrected chi connectivity index (χ0v) is 29.4. The van der Waals surface area contributed by atoms with Gasteiger partial charge in [0.15, 0.2) is 5.82 Å². The van der Waals surface area contributed by atoms with Crippen LogP contribution in [0.5, 0.6) is 11.8 Å². The van der Waals surface area contributed by atoms with Crippen molar-refractivity contribution in [3.8, 4) is 23.0 Å². The van der Waals surface area contributed by atoms with E-state index in [0.717, 1.165) is 11.1 Å². The number of halogens is 6. The van der Waals surface area contributed by atoms with E-state index in [0.29, 0.717) is 34.3 Å². The van der Waals surface area contributed by atoms with Crippen molar-refractivity contribution in [3.63, 3.8) is 0 Å². The van der Waals surface area contributed by atoms with Crippen LogP contribution in [0.4, 0.5) is 37.0 Å². The van der Waals surface area contributed by atoms with Crippen molar-refractivity contribution in [1.82, 2.24) is 34.5 Å². The Kier molecular flexibility index (Phi) is 8.81. The number of ether oxygens (including phenoxy) is 1. The molecular formula is C37H36F6N8O3. The van der Waals surface area contributed by atoms with Gasteiger partial charge in [-0.05, 0) is 73.3 Å². The fraction of sp³-hybridized carbons (Fsp3) is 0.432. The van der Waals surface area contributed by atoms with Crippen LogP contribution in [-0.2, 0) is 6.42 Å². The van der Waals surface area contributed by atoms with Gasteiger partial charge in [-0.15, -0.1) is 0 Å². The quantitative estimate of drug-likeness (QED) is 0.193. The van der Waals surface area contributed by atoms with E-state index in [1.807, 2.05) is 4.90 Å². The predicted molar refractivity (Wildman–Crippen MR) is 186 cm³/mol. The standard InChI is InChI=1S/C37H36F6N8O3/c1-3-24-27(39)6-5-21-13-23(52)14-25(29(21)24)31-30(40)32-26(16-44-31)33(46-34(45-32)54-19-36-8-4-9-49(36)17-22(38)15-36)48-11-12-50(28(18-48)37(41,42)43)35(53)51-10-7-20(2)47-51/h5-7,10,13-14,16,22,28,52H,3-4,8-9,11-12,15,17-19H2,1-2H3/t22-,28?,36+/m1/s1. The molecule has 1 unspecified atom stereocenters. The van der Waals surface area contributed by atoms with Gasteiger partial charge in [0, 0.05) is 50.6 Å². The number of phenols is 1. The first kappa shape index (κ1) is 35.8. The topological polar surface area (TPSA) is 113 Å². The number of rotatable bonds is 6. The number of aryl methyl sites for hydroxylation is 2. The second-order valence-electron chi connectivity index (χ2n) is 14.2. The van der Waals surface area contributed by atoms with Gasteiger partial charge >= 0.3 is 18.2 Å². The van der Waals surface area contributed by atoms with Gasteiger partial charge in [0.25, 0.3) is 0 Å². The summed E-state index contributed by atoms with van der Waals surface area (Å²) < 4.78 is 97.7. The van der Waals surface area contributed by atoms with Gasteiger partial charge in [0.1, 0.15) is 47.4 Å². The summed E-state index contributed by atoms with van der Waals surface area (Å²) in [5.74, 6) is -1.86. The van der Waals surface area contributed by atoms with E-state index in [1.165, 1.54) is 47.6 Å². The molecule has 2 aromatic carbocycles. The minimum atomic E-state index is -4.87. The van der Waals surface area contributed by atoms with Crippen LogP contribution in [0, 0.1) is 18.6 Å².